The summed E-state index contributed by atoms with van der Waals surface area (Å²) < 4.78 is 13.6. The second-order valence-corrected chi connectivity index (χ2v) is 3.83. The van der Waals surface area contributed by atoms with Gasteiger partial charge in [-0.15, -0.1) is 0 Å². The highest BCUT2D eigenvalue weighted by atomic mass is 19.1. The molecule has 1 aromatic heterocycles. The fourth-order valence-electron chi connectivity index (χ4n) is 1.82. The van der Waals surface area contributed by atoms with E-state index in [-0.39, 0.29) is 5.82 Å². The molecule has 1 aromatic carbocycles. The number of hydrogen-bond acceptors (Lipinski definition) is 3. The zero-order chi connectivity index (χ0) is 12.4. The molecule has 0 aliphatic heterocycles. The summed E-state index contributed by atoms with van der Waals surface area (Å²) in [6, 6.07) is 6.42. The Balaban J connectivity index is 2.59. The Morgan fingerprint density at radius 2 is 1.94 bits per heavy atom. The van der Waals surface area contributed by atoms with Crippen molar-refractivity contribution < 1.29 is 4.39 Å². The van der Waals surface area contributed by atoms with E-state index in [1.54, 1.807) is 18.2 Å². The summed E-state index contributed by atoms with van der Waals surface area (Å²) in [6.45, 7) is 3.85. The maximum Gasteiger partial charge on any atom is 0.164 e. The highest BCUT2D eigenvalue weighted by Gasteiger charge is 2.11. The number of aryl methyl sites for hydroxylation is 1. The number of nitrogens with zero attached hydrogens (tertiary/aromatic N) is 2. The van der Waals surface area contributed by atoms with E-state index < -0.39 is 0 Å². The van der Waals surface area contributed by atoms with Crippen molar-refractivity contribution in [2.24, 2.45) is 0 Å². The summed E-state index contributed by atoms with van der Waals surface area (Å²) in [4.78, 5) is 8.47. The standard InChI is InChI=1S/C13H14FN3/c1-3-9-8(2)16-13(17-12(9)15)10-6-4-5-7-11(10)14/h4-7H,3H2,1-2H3,(H2,15,16,17). The van der Waals surface area contributed by atoms with Crippen LogP contribution in [0.25, 0.3) is 11.4 Å². The van der Waals surface area contributed by atoms with E-state index in [1.807, 2.05) is 13.8 Å². The molecule has 0 bridgehead atoms. The van der Waals surface area contributed by atoms with Gasteiger partial charge in [0.1, 0.15) is 11.6 Å². The SMILES string of the molecule is CCc1c(C)nc(-c2ccccc2F)nc1N. The smallest absolute Gasteiger partial charge is 0.164 e. The fraction of sp³-hybridized carbons (Fsp3) is 0.231. The van der Waals surface area contributed by atoms with E-state index >= 15 is 0 Å². The summed E-state index contributed by atoms with van der Waals surface area (Å²) in [7, 11) is 0. The van der Waals surface area contributed by atoms with Crippen molar-refractivity contribution in [1.29, 1.82) is 0 Å². The van der Waals surface area contributed by atoms with Crippen LogP contribution in [0.15, 0.2) is 24.3 Å². The molecule has 0 amide bonds. The van der Waals surface area contributed by atoms with Gasteiger partial charge in [-0.05, 0) is 25.5 Å². The van der Waals surface area contributed by atoms with E-state index in [9.17, 15) is 4.39 Å². The highest BCUT2D eigenvalue weighted by molar-refractivity contribution is 5.59. The number of benzene rings is 1. The molecule has 2 rings (SSSR count). The summed E-state index contributed by atoms with van der Waals surface area (Å²) in [5, 5.41) is 0. The predicted octanol–water partition coefficient (Wildman–Crippen LogP) is 2.74. The van der Waals surface area contributed by atoms with Gasteiger partial charge in [0, 0.05) is 11.3 Å². The van der Waals surface area contributed by atoms with Gasteiger partial charge in [-0.25, -0.2) is 14.4 Å². The first kappa shape index (κ1) is 11.5. The Morgan fingerprint density at radius 1 is 1.24 bits per heavy atom. The first-order valence-electron chi connectivity index (χ1n) is 5.51. The Hall–Kier alpha value is -1.97. The molecule has 1 heterocycles. The molecule has 3 nitrogen and oxygen atoms in total. The Kier molecular flexibility index (Phi) is 3.04. The number of rotatable bonds is 2. The Morgan fingerprint density at radius 3 is 2.53 bits per heavy atom. The average Bonchev–Trinajstić information content (AvgIpc) is 2.29. The molecule has 2 N–H and O–H groups in total. The van der Waals surface area contributed by atoms with Crippen LogP contribution in [0, 0.1) is 12.7 Å². The van der Waals surface area contributed by atoms with Crippen molar-refractivity contribution in [1.82, 2.24) is 9.97 Å². The average molecular weight is 231 g/mol. The molecule has 0 saturated carbocycles. The molecule has 2 aromatic rings. The van der Waals surface area contributed by atoms with Crippen molar-refractivity contribution in [3.8, 4) is 11.4 Å². The lowest BCUT2D eigenvalue weighted by molar-refractivity contribution is 0.630. The van der Waals surface area contributed by atoms with Crippen LogP contribution in [0.2, 0.25) is 0 Å². The van der Waals surface area contributed by atoms with Crippen molar-refractivity contribution in [3.05, 3.63) is 41.3 Å². The largest absolute Gasteiger partial charge is 0.383 e. The Bertz CT molecular complexity index is 529. The molecule has 4 heteroatoms. The molecule has 0 fully saturated rings. The van der Waals surface area contributed by atoms with Crippen LogP contribution in [0.4, 0.5) is 10.2 Å². The highest BCUT2D eigenvalue weighted by Crippen LogP contribution is 2.22. The van der Waals surface area contributed by atoms with Gasteiger partial charge in [-0.1, -0.05) is 19.1 Å². The van der Waals surface area contributed by atoms with E-state index in [1.165, 1.54) is 6.07 Å². The van der Waals surface area contributed by atoms with Gasteiger partial charge in [-0.2, -0.15) is 0 Å². The lowest BCUT2D eigenvalue weighted by atomic mass is 10.1. The van der Waals surface area contributed by atoms with Gasteiger partial charge < -0.3 is 5.73 Å². The number of hydrogen-bond donors (Lipinski definition) is 1. The lowest BCUT2D eigenvalue weighted by Gasteiger charge is -2.09. The van der Waals surface area contributed by atoms with Gasteiger partial charge in [0.2, 0.25) is 0 Å². The zero-order valence-corrected chi connectivity index (χ0v) is 9.87. The third-order valence-corrected chi connectivity index (χ3v) is 2.71. The molecule has 0 saturated heterocycles. The molecular formula is C13H14FN3. The van der Waals surface area contributed by atoms with Gasteiger partial charge in [0.05, 0.1) is 5.56 Å². The number of anilines is 1. The van der Waals surface area contributed by atoms with Crippen molar-refractivity contribution in [3.63, 3.8) is 0 Å². The summed E-state index contributed by atoms with van der Waals surface area (Å²) >= 11 is 0. The summed E-state index contributed by atoms with van der Waals surface area (Å²) in [5.74, 6) is 0.434. The van der Waals surface area contributed by atoms with E-state index in [4.69, 9.17) is 5.73 Å². The van der Waals surface area contributed by atoms with Crippen molar-refractivity contribution in [2.75, 3.05) is 5.73 Å². The predicted molar refractivity (Wildman–Crippen MR) is 66.0 cm³/mol. The number of halogens is 1. The number of nitrogen functional groups attached to an aromatic ring is 1. The summed E-state index contributed by atoms with van der Waals surface area (Å²) in [5.41, 5.74) is 7.95. The minimum absolute atomic E-state index is 0.337. The van der Waals surface area contributed by atoms with Gasteiger partial charge >= 0.3 is 0 Å². The van der Waals surface area contributed by atoms with Crippen LogP contribution in [-0.2, 0) is 6.42 Å². The number of aromatic nitrogens is 2. The quantitative estimate of drug-likeness (QED) is 0.864. The zero-order valence-electron chi connectivity index (χ0n) is 9.87. The monoisotopic (exact) mass is 231 g/mol. The molecule has 0 aliphatic rings. The molecule has 0 spiro atoms. The normalized spacial score (nSPS) is 10.5. The Labute approximate surface area is 99.5 Å². The van der Waals surface area contributed by atoms with E-state index in [2.05, 4.69) is 9.97 Å². The molecular weight excluding hydrogens is 217 g/mol. The molecule has 0 aliphatic carbocycles. The first-order valence-corrected chi connectivity index (χ1v) is 5.51. The second kappa shape index (κ2) is 4.49. The van der Waals surface area contributed by atoms with Crippen LogP contribution < -0.4 is 5.73 Å². The first-order chi connectivity index (χ1) is 8.13. The van der Waals surface area contributed by atoms with Crippen molar-refractivity contribution in [2.45, 2.75) is 20.3 Å². The van der Waals surface area contributed by atoms with Crippen LogP contribution in [-0.4, -0.2) is 9.97 Å². The molecule has 88 valence electrons. The van der Waals surface area contributed by atoms with E-state index in [0.29, 0.717) is 17.2 Å². The lowest BCUT2D eigenvalue weighted by Crippen LogP contribution is -2.05. The van der Waals surface area contributed by atoms with Gasteiger partial charge in [-0.3, -0.25) is 0 Å². The van der Waals surface area contributed by atoms with Gasteiger partial charge in [0.15, 0.2) is 5.82 Å². The summed E-state index contributed by atoms with van der Waals surface area (Å²) in [6.07, 6.45) is 0.773. The third-order valence-electron chi connectivity index (χ3n) is 2.71. The molecule has 17 heavy (non-hydrogen) atoms. The topological polar surface area (TPSA) is 51.8 Å². The van der Waals surface area contributed by atoms with Crippen LogP contribution in [0.5, 0.6) is 0 Å². The second-order valence-electron chi connectivity index (χ2n) is 3.83. The molecule has 0 unspecified atom stereocenters. The maximum absolute atomic E-state index is 13.6. The minimum atomic E-state index is -0.337. The number of nitrogens with two attached hydrogens (primary N) is 1. The molecule has 0 radical (unpaired) electrons. The third kappa shape index (κ3) is 2.11. The minimum Gasteiger partial charge on any atom is -0.383 e. The van der Waals surface area contributed by atoms with Crippen LogP contribution in [0.1, 0.15) is 18.2 Å². The van der Waals surface area contributed by atoms with Crippen molar-refractivity contribution >= 4 is 5.82 Å². The van der Waals surface area contributed by atoms with Crippen LogP contribution >= 0.6 is 0 Å². The fourth-order valence-corrected chi connectivity index (χ4v) is 1.82. The van der Waals surface area contributed by atoms with Gasteiger partial charge in [0.25, 0.3) is 0 Å². The van der Waals surface area contributed by atoms with E-state index in [0.717, 1.165) is 17.7 Å². The maximum atomic E-state index is 13.6. The molecule has 0 atom stereocenters. The van der Waals surface area contributed by atoms with Crippen LogP contribution in [0.3, 0.4) is 0 Å².